The van der Waals surface area contributed by atoms with Crippen LogP contribution in [0.4, 0.5) is 0 Å². The van der Waals surface area contributed by atoms with Gasteiger partial charge in [-0.05, 0) is 17.7 Å². The van der Waals surface area contributed by atoms with Crippen LogP contribution in [0.15, 0.2) is 30.5 Å². The van der Waals surface area contributed by atoms with Gasteiger partial charge in [0.05, 0.1) is 6.42 Å². The second-order valence-corrected chi connectivity index (χ2v) is 3.49. The van der Waals surface area contributed by atoms with Gasteiger partial charge in [-0.2, -0.15) is 0 Å². The quantitative estimate of drug-likeness (QED) is 0.711. The molecule has 0 aliphatic carbocycles. The average Bonchev–Trinajstić information content (AvgIpc) is 2.63. The number of nitrogens with one attached hydrogen (secondary N) is 1. The van der Waals surface area contributed by atoms with Gasteiger partial charge in [-0.15, -0.1) is 0 Å². The Hall–Kier alpha value is -1.81. The van der Waals surface area contributed by atoms with E-state index in [1.807, 2.05) is 30.5 Å². The van der Waals surface area contributed by atoms with Gasteiger partial charge in [-0.1, -0.05) is 12.1 Å². The maximum Gasteiger partial charge on any atom is 0.305 e. The Balaban J connectivity index is 2.42. The standard InChI is InChI=1S/C11H12N2O2/c12-9(6-11(14)15)7-2-1-3-10-8(7)4-5-13-10/h1-5,9,13H,6,12H2,(H,14,15). The molecule has 1 aromatic heterocycles. The first-order valence-electron chi connectivity index (χ1n) is 4.72. The van der Waals surface area contributed by atoms with E-state index in [4.69, 9.17) is 10.8 Å². The molecule has 0 amide bonds. The number of carboxylic acid groups (broad SMARTS) is 1. The van der Waals surface area contributed by atoms with Gasteiger partial charge in [0, 0.05) is 23.1 Å². The van der Waals surface area contributed by atoms with Gasteiger partial charge in [0.25, 0.3) is 0 Å². The van der Waals surface area contributed by atoms with Crippen molar-refractivity contribution in [1.82, 2.24) is 4.98 Å². The molecule has 4 N–H and O–H groups in total. The third kappa shape index (κ3) is 1.85. The van der Waals surface area contributed by atoms with Crippen molar-refractivity contribution >= 4 is 16.9 Å². The number of fused-ring (bicyclic) bond motifs is 1. The number of aromatic amines is 1. The van der Waals surface area contributed by atoms with Crippen LogP contribution in [0, 0.1) is 0 Å². The zero-order chi connectivity index (χ0) is 10.8. The van der Waals surface area contributed by atoms with Crippen molar-refractivity contribution in [2.45, 2.75) is 12.5 Å². The third-order valence-corrected chi connectivity index (χ3v) is 2.42. The van der Waals surface area contributed by atoms with Gasteiger partial charge in [-0.3, -0.25) is 4.79 Å². The van der Waals surface area contributed by atoms with E-state index < -0.39 is 12.0 Å². The number of nitrogens with two attached hydrogens (primary N) is 1. The molecule has 4 nitrogen and oxygen atoms in total. The summed E-state index contributed by atoms with van der Waals surface area (Å²) in [5.74, 6) is -0.880. The number of aliphatic carboxylic acids is 1. The molecule has 0 aliphatic heterocycles. The lowest BCUT2D eigenvalue weighted by Gasteiger charge is -2.10. The Kier molecular flexibility index (Phi) is 2.43. The second-order valence-electron chi connectivity index (χ2n) is 3.49. The molecule has 78 valence electrons. The van der Waals surface area contributed by atoms with E-state index in [1.54, 1.807) is 0 Å². The van der Waals surface area contributed by atoms with Gasteiger partial charge in [-0.25, -0.2) is 0 Å². The second kappa shape index (κ2) is 3.74. The predicted octanol–water partition coefficient (Wildman–Crippen LogP) is 1.64. The lowest BCUT2D eigenvalue weighted by Crippen LogP contribution is -2.15. The Morgan fingerprint density at radius 1 is 1.47 bits per heavy atom. The Labute approximate surface area is 86.7 Å². The number of rotatable bonds is 3. The fraction of sp³-hybridized carbons (Fsp3) is 0.182. The van der Waals surface area contributed by atoms with Crippen LogP contribution >= 0.6 is 0 Å². The largest absolute Gasteiger partial charge is 0.481 e. The molecule has 0 spiro atoms. The summed E-state index contributed by atoms with van der Waals surface area (Å²) >= 11 is 0. The maximum absolute atomic E-state index is 10.6. The molecule has 0 bridgehead atoms. The van der Waals surface area contributed by atoms with Crippen molar-refractivity contribution in [2.24, 2.45) is 5.73 Å². The van der Waals surface area contributed by atoms with Crippen molar-refractivity contribution in [3.63, 3.8) is 0 Å². The predicted molar refractivity (Wildman–Crippen MR) is 57.5 cm³/mol. The zero-order valence-electron chi connectivity index (χ0n) is 8.10. The van der Waals surface area contributed by atoms with Crippen LogP contribution in [-0.4, -0.2) is 16.1 Å². The summed E-state index contributed by atoms with van der Waals surface area (Å²) in [5.41, 5.74) is 7.68. The minimum Gasteiger partial charge on any atom is -0.481 e. The van der Waals surface area contributed by atoms with Gasteiger partial charge in [0.1, 0.15) is 0 Å². The normalized spacial score (nSPS) is 12.9. The first-order chi connectivity index (χ1) is 7.18. The van der Waals surface area contributed by atoms with Gasteiger partial charge in [0.15, 0.2) is 0 Å². The Morgan fingerprint density at radius 2 is 2.27 bits per heavy atom. The van der Waals surface area contributed by atoms with E-state index in [-0.39, 0.29) is 6.42 Å². The summed E-state index contributed by atoms with van der Waals surface area (Å²) in [5, 5.41) is 9.67. The molecular formula is C11H12N2O2. The maximum atomic E-state index is 10.6. The lowest BCUT2D eigenvalue weighted by atomic mass is 10.0. The number of aromatic nitrogens is 1. The highest BCUT2D eigenvalue weighted by Crippen LogP contribution is 2.23. The molecule has 1 atom stereocenters. The topological polar surface area (TPSA) is 79.1 Å². The number of hydrogen-bond donors (Lipinski definition) is 3. The van der Waals surface area contributed by atoms with Crippen LogP contribution in [0.1, 0.15) is 18.0 Å². The summed E-state index contributed by atoms with van der Waals surface area (Å²) in [4.78, 5) is 13.6. The first kappa shape index (κ1) is 9.73. The van der Waals surface area contributed by atoms with Crippen molar-refractivity contribution in [3.8, 4) is 0 Å². The lowest BCUT2D eigenvalue weighted by molar-refractivity contribution is -0.137. The summed E-state index contributed by atoms with van der Waals surface area (Å²) in [6, 6.07) is 7.13. The number of carbonyl (C=O) groups is 1. The molecule has 1 heterocycles. The van der Waals surface area contributed by atoms with Crippen molar-refractivity contribution in [3.05, 3.63) is 36.0 Å². The summed E-state index contributed by atoms with van der Waals surface area (Å²) in [7, 11) is 0. The van der Waals surface area contributed by atoms with E-state index in [9.17, 15) is 4.79 Å². The molecule has 2 aromatic rings. The molecule has 1 aromatic carbocycles. The fourth-order valence-corrected chi connectivity index (χ4v) is 1.73. The molecule has 0 saturated heterocycles. The number of benzene rings is 1. The van der Waals surface area contributed by atoms with Gasteiger partial charge >= 0.3 is 5.97 Å². The SMILES string of the molecule is NC(CC(=O)O)c1cccc2[nH]ccc12. The molecule has 0 aliphatic rings. The summed E-state index contributed by atoms with van der Waals surface area (Å²) in [6.45, 7) is 0. The highest BCUT2D eigenvalue weighted by atomic mass is 16.4. The van der Waals surface area contributed by atoms with Gasteiger partial charge < -0.3 is 15.8 Å². The van der Waals surface area contributed by atoms with Crippen LogP contribution in [0.2, 0.25) is 0 Å². The highest BCUT2D eigenvalue weighted by Gasteiger charge is 2.13. The molecule has 0 radical (unpaired) electrons. The molecule has 4 heteroatoms. The summed E-state index contributed by atoms with van der Waals surface area (Å²) in [6.07, 6.45) is 1.77. The highest BCUT2D eigenvalue weighted by molar-refractivity contribution is 5.84. The minimum atomic E-state index is -0.880. The average molecular weight is 204 g/mol. The van der Waals surface area contributed by atoms with Crippen molar-refractivity contribution in [1.29, 1.82) is 0 Å². The van der Waals surface area contributed by atoms with E-state index in [2.05, 4.69) is 4.98 Å². The number of carboxylic acids is 1. The molecule has 2 rings (SSSR count). The van der Waals surface area contributed by atoms with Crippen LogP contribution in [0.25, 0.3) is 10.9 Å². The van der Waals surface area contributed by atoms with E-state index in [0.29, 0.717) is 0 Å². The molecule has 0 saturated carbocycles. The van der Waals surface area contributed by atoms with Crippen molar-refractivity contribution < 1.29 is 9.90 Å². The monoisotopic (exact) mass is 204 g/mol. The van der Waals surface area contributed by atoms with Crippen LogP contribution < -0.4 is 5.73 Å². The van der Waals surface area contributed by atoms with E-state index in [1.165, 1.54) is 0 Å². The molecule has 0 fully saturated rings. The number of H-pyrrole nitrogens is 1. The van der Waals surface area contributed by atoms with Crippen LogP contribution in [0.3, 0.4) is 0 Å². The zero-order valence-corrected chi connectivity index (χ0v) is 8.10. The van der Waals surface area contributed by atoms with E-state index in [0.717, 1.165) is 16.5 Å². The Bertz CT molecular complexity index is 490. The first-order valence-corrected chi connectivity index (χ1v) is 4.72. The van der Waals surface area contributed by atoms with Crippen LogP contribution in [-0.2, 0) is 4.79 Å². The number of hydrogen-bond acceptors (Lipinski definition) is 2. The third-order valence-electron chi connectivity index (χ3n) is 2.42. The van der Waals surface area contributed by atoms with Crippen molar-refractivity contribution in [2.75, 3.05) is 0 Å². The fourth-order valence-electron chi connectivity index (χ4n) is 1.73. The minimum absolute atomic E-state index is 0.0513. The smallest absolute Gasteiger partial charge is 0.305 e. The summed E-state index contributed by atoms with van der Waals surface area (Å²) < 4.78 is 0. The van der Waals surface area contributed by atoms with Crippen LogP contribution in [0.5, 0.6) is 0 Å². The van der Waals surface area contributed by atoms with Gasteiger partial charge in [0.2, 0.25) is 0 Å². The molecule has 15 heavy (non-hydrogen) atoms. The van der Waals surface area contributed by atoms with E-state index >= 15 is 0 Å². The Morgan fingerprint density at radius 3 is 3.00 bits per heavy atom. The molecule has 1 unspecified atom stereocenters. The molecular weight excluding hydrogens is 192 g/mol.